The predicted octanol–water partition coefficient (Wildman–Crippen LogP) is 19.9. The van der Waals surface area contributed by atoms with E-state index in [1.165, 1.54) is 59.3 Å². The zero-order chi connectivity index (χ0) is 73.7. The molecule has 0 saturated carbocycles. The van der Waals surface area contributed by atoms with E-state index in [4.69, 9.17) is 42.6 Å². The summed E-state index contributed by atoms with van der Waals surface area (Å²) in [5, 5.41) is 0. The Morgan fingerprint density at radius 3 is 0.535 bits per heavy atom. The highest BCUT2D eigenvalue weighted by molar-refractivity contribution is 5.72. The third-order valence-corrected chi connectivity index (χ3v) is 15.5. The third kappa shape index (κ3) is 80.5. The van der Waals surface area contributed by atoms with Crippen LogP contribution in [0.4, 0.5) is 0 Å². The second kappa shape index (κ2) is 77.4. The fourth-order valence-electron chi connectivity index (χ4n) is 9.86. The minimum atomic E-state index is -0.774. The standard InChI is InChI=1S/C36H62O6.C27H46O6.C18H30O6/c1-4-7-10-13-16-19-22-25-28-34(37)40-31-33(42-36(39)30-27-24-21-18-15-12-9-6-3)32-41-35(38)29-26-23-20-17-14-11-8-5-2;1-4-6-8-10-12-14-16-18-20-26(29)32-23-25(22-31-24(3)28)33-27(30)21-19-17-15-13-11-9-7-5-2;1-4-5-6-7-8-9-10-11-12-18(21)24-17(13-22-15(2)19)14-23-16(3)20/h4-9,33H,10-32H2,1-3H3;4-7,25H,8-23H2,1-3H3;4-5,17H,6-14H2,1-3H3. The molecule has 0 rings (SSSR count). The van der Waals surface area contributed by atoms with Crippen LogP contribution in [0.5, 0.6) is 0 Å². The number of esters is 9. The molecule has 18 heteroatoms. The van der Waals surface area contributed by atoms with E-state index in [2.05, 4.69) is 72.9 Å². The number of carbonyl (C=O) groups excluding carboxylic acids is 9. The van der Waals surface area contributed by atoms with Crippen LogP contribution in [0.25, 0.3) is 0 Å². The first-order chi connectivity index (χ1) is 48.0. The zero-order valence-electron chi connectivity index (χ0n) is 63.4. The highest BCUT2D eigenvalue weighted by Crippen LogP contribution is 2.16. The molecule has 0 saturated heterocycles. The molecule has 0 amide bonds. The molecule has 1 unspecified atom stereocenters. The van der Waals surface area contributed by atoms with Crippen LogP contribution in [-0.4, -0.2) is 112 Å². The van der Waals surface area contributed by atoms with Crippen molar-refractivity contribution in [3.8, 4) is 0 Å². The average molecular weight is 1400 g/mol. The Labute approximate surface area is 599 Å². The lowest BCUT2D eigenvalue weighted by Crippen LogP contribution is -2.30. The molecular weight excluding hydrogens is 1260 g/mol. The summed E-state index contributed by atoms with van der Waals surface area (Å²) in [5.41, 5.74) is 0. The van der Waals surface area contributed by atoms with Gasteiger partial charge in [0.2, 0.25) is 0 Å². The third-order valence-electron chi connectivity index (χ3n) is 15.5. The fourth-order valence-corrected chi connectivity index (χ4v) is 9.86. The second-order valence-electron chi connectivity index (χ2n) is 25.0. The Hall–Kier alpha value is -6.33. The smallest absolute Gasteiger partial charge is 0.306 e. The van der Waals surface area contributed by atoms with Gasteiger partial charge in [0, 0.05) is 59.3 Å². The lowest BCUT2D eigenvalue weighted by molar-refractivity contribution is -0.167. The van der Waals surface area contributed by atoms with Gasteiger partial charge in [0.15, 0.2) is 18.3 Å². The van der Waals surface area contributed by atoms with Crippen molar-refractivity contribution < 1.29 is 85.8 Å². The Morgan fingerprint density at radius 1 is 0.212 bits per heavy atom. The molecule has 18 nitrogen and oxygen atoms in total. The van der Waals surface area contributed by atoms with E-state index in [0.717, 1.165) is 193 Å². The molecule has 0 aromatic rings. The van der Waals surface area contributed by atoms with E-state index in [9.17, 15) is 43.2 Å². The zero-order valence-corrected chi connectivity index (χ0v) is 63.4. The van der Waals surface area contributed by atoms with Crippen molar-refractivity contribution >= 4 is 53.7 Å². The van der Waals surface area contributed by atoms with Gasteiger partial charge in [-0.05, 0) is 157 Å². The van der Waals surface area contributed by atoms with Crippen LogP contribution < -0.4 is 0 Å². The number of ether oxygens (including phenoxy) is 9. The lowest BCUT2D eigenvalue weighted by atomic mass is 10.1. The van der Waals surface area contributed by atoms with E-state index >= 15 is 0 Å². The molecule has 0 aliphatic rings. The fraction of sp³-hybridized carbons (Fsp3) is 0.741. The van der Waals surface area contributed by atoms with Crippen molar-refractivity contribution in [2.45, 2.75) is 350 Å². The van der Waals surface area contributed by atoms with Crippen LogP contribution in [0.15, 0.2) is 72.9 Å². The topological polar surface area (TPSA) is 237 Å². The van der Waals surface area contributed by atoms with Crippen LogP contribution in [0, 0.1) is 0 Å². The van der Waals surface area contributed by atoms with E-state index < -0.39 is 36.2 Å². The maximum Gasteiger partial charge on any atom is 0.306 e. The molecule has 0 aliphatic carbocycles. The molecular formula is C81H138O18. The molecule has 99 heavy (non-hydrogen) atoms. The van der Waals surface area contributed by atoms with Crippen LogP contribution in [0.3, 0.4) is 0 Å². The van der Waals surface area contributed by atoms with Crippen LogP contribution >= 0.6 is 0 Å². The Bertz CT molecular complexity index is 2120. The molecule has 0 bridgehead atoms. The van der Waals surface area contributed by atoms with Crippen molar-refractivity contribution in [1.29, 1.82) is 0 Å². The van der Waals surface area contributed by atoms with Gasteiger partial charge in [-0.1, -0.05) is 188 Å². The molecule has 0 aliphatic heterocycles. The van der Waals surface area contributed by atoms with Gasteiger partial charge in [-0.3, -0.25) is 43.2 Å². The van der Waals surface area contributed by atoms with Crippen LogP contribution in [0.2, 0.25) is 0 Å². The Morgan fingerprint density at radius 2 is 0.364 bits per heavy atom. The van der Waals surface area contributed by atoms with E-state index in [1.54, 1.807) is 0 Å². The maximum absolute atomic E-state index is 12.5. The lowest BCUT2D eigenvalue weighted by Gasteiger charge is -2.18. The predicted molar refractivity (Wildman–Crippen MR) is 395 cm³/mol. The van der Waals surface area contributed by atoms with Gasteiger partial charge in [0.25, 0.3) is 0 Å². The second-order valence-corrected chi connectivity index (χ2v) is 25.0. The molecule has 0 spiro atoms. The number of carbonyl (C=O) groups is 9. The summed E-state index contributed by atoms with van der Waals surface area (Å²) >= 11 is 0. The van der Waals surface area contributed by atoms with Gasteiger partial charge in [-0.2, -0.15) is 0 Å². The van der Waals surface area contributed by atoms with Gasteiger partial charge < -0.3 is 42.6 Å². The van der Waals surface area contributed by atoms with Gasteiger partial charge in [0.1, 0.15) is 39.6 Å². The average Bonchev–Trinajstić information content (AvgIpc) is 1.83. The molecule has 0 N–H and O–H groups in total. The van der Waals surface area contributed by atoms with E-state index in [0.29, 0.717) is 38.5 Å². The minimum Gasteiger partial charge on any atom is -0.462 e. The summed E-state index contributed by atoms with van der Waals surface area (Å²) in [6, 6.07) is 0. The number of hydrogen-bond donors (Lipinski definition) is 0. The van der Waals surface area contributed by atoms with Crippen molar-refractivity contribution in [1.82, 2.24) is 0 Å². The van der Waals surface area contributed by atoms with Crippen LogP contribution in [0.1, 0.15) is 332 Å². The summed E-state index contributed by atoms with van der Waals surface area (Å²) in [7, 11) is 0. The van der Waals surface area contributed by atoms with Gasteiger partial charge in [-0.15, -0.1) is 0 Å². The van der Waals surface area contributed by atoms with Crippen molar-refractivity contribution in [3.05, 3.63) is 72.9 Å². The Balaban J connectivity index is -0.00000145. The van der Waals surface area contributed by atoms with Gasteiger partial charge in [-0.25, -0.2) is 0 Å². The van der Waals surface area contributed by atoms with E-state index in [-0.39, 0.29) is 75.5 Å². The molecule has 0 radical (unpaired) electrons. The number of hydrogen-bond acceptors (Lipinski definition) is 18. The van der Waals surface area contributed by atoms with Crippen molar-refractivity contribution in [3.63, 3.8) is 0 Å². The van der Waals surface area contributed by atoms with Gasteiger partial charge in [0.05, 0.1) is 0 Å². The summed E-state index contributed by atoms with van der Waals surface area (Å²) in [6.45, 7) is 15.4. The normalized spacial score (nSPS) is 11.9. The largest absolute Gasteiger partial charge is 0.462 e. The van der Waals surface area contributed by atoms with E-state index in [1.807, 2.05) is 41.5 Å². The Kier molecular flexibility index (Phi) is 75.7. The van der Waals surface area contributed by atoms with Crippen LogP contribution in [-0.2, 0) is 85.8 Å². The number of allylic oxidation sites excluding steroid dienone is 12. The summed E-state index contributed by atoms with van der Waals surface area (Å²) in [6.07, 6.45) is 62.9. The highest BCUT2D eigenvalue weighted by Gasteiger charge is 2.22. The summed E-state index contributed by atoms with van der Waals surface area (Å²) in [4.78, 5) is 106. The quantitative estimate of drug-likeness (QED) is 0.0238. The van der Waals surface area contributed by atoms with Crippen molar-refractivity contribution in [2.75, 3.05) is 39.6 Å². The molecule has 570 valence electrons. The molecule has 0 aromatic heterocycles. The number of unbranched alkanes of at least 4 members (excludes halogenated alkanes) is 30. The summed E-state index contributed by atoms with van der Waals surface area (Å²) in [5.74, 6) is -3.39. The first-order valence-electron chi connectivity index (χ1n) is 38.1. The molecule has 0 heterocycles. The maximum atomic E-state index is 12.5. The van der Waals surface area contributed by atoms with Crippen molar-refractivity contribution in [2.24, 2.45) is 0 Å². The molecule has 0 aromatic carbocycles. The number of rotatable bonds is 63. The monoisotopic (exact) mass is 1400 g/mol. The van der Waals surface area contributed by atoms with Gasteiger partial charge >= 0.3 is 53.7 Å². The first kappa shape index (κ1) is 96.8. The summed E-state index contributed by atoms with van der Waals surface area (Å²) < 4.78 is 46.9. The SMILES string of the molecule is CC=CCCCCCCCC(=O)OC(COC(C)=O)COC(C)=O.CC=CCCCCCCCC(=O)OCC(COC(=O)CCCCCCCC=CC)OC(=O)CCCCCCCC=CC.CC=CCCCCCCCC(=O)OCC(COC(C)=O)OC(=O)CCCCCCCC=CC. The molecule has 0 fully saturated rings. The first-order valence-corrected chi connectivity index (χ1v) is 38.1. The minimum absolute atomic E-state index is 0.0850. The highest BCUT2D eigenvalue weighted by atomic mass is 16.6. The molecule has 1 atom stereocenters.